The highest BCUT2D eigenvalue weighted by atomic mass is 19.4. The summed E-state index contributed by atoms with van der Waals surface area (Å²) in [6.45, 7) is 4.77. The first-order valence-electron chi connectivity index (χ1n) is 4.75. The van der Waals surface area contributed by atoms with Crippen LogP contribution < -0.4 is 5.32 Å². The van der Waals surface area contributed by atoms with Crippen molar-refractivity contribution in [1.82, 2.24) is 5.32 Å². The second-order valence-corrected chi connectivity index (χ2v) is 2.43. The maximum absolute atomic E-state index is 11.5. The van der Waals surface area contributed by atoms with E-state index in [2.05, 4.69) is 5.32 Å². The molecule has 0 radical (unpaired) electrons. The van der Waals surface area contributed by atoms with E-state index >= 15 is 0 Å². The summed E-state index contributed by atoms with van der Waals surface area (Å²) < 4.78 is 34.5. The maximum atomic E-state index is 11.5. The van der Waals surface area contributed by atoms with Crippen LogP contribution in [0.25, 0.3) is 0 Å². The van der Waals surface area contributed by atoms with Crippen LogP contribution in [0.4, 0.5) is 13.2 Å². The molecule has 0 aliphatic heterocycles. The zero-order valence-electron chi connectivity index (χ0n) is 8.87. The Morgan fingerprint density at radius 3 is 2.14 bits per heavy atom. The third-order valence-corrected chi connectivity index (χ3v) is 1.30. The molecule has 5 heteroatoms. The molecule has 0 heterocycles. The Morgan fingerprint density at radius 1 is 1.29 bits per heavy atom. The van der Waals surface area contributed by atoms with E-state index in [0.717, 1.165) is 0 Å². The number of Topliss-reactive ketones (excluding diaryl/α,β-unsaturated/α-hetero) is 1. The summed E-state index contributed by atoms with van der Waals surface area (Å²) in [5.41, 5.74) is 0. The molecule has 0 bridgehead atoms. The largest absolute Gasteiger partial charge is 0.401 e. The molecule has 0 rings (SSSR count). The molecule has 0 saturated heterocycles. The monoisotopic (exact) mass is 213 g/mol. The second kappa shape index (κ2) is 8.99. The minimum absolute atomic E-state index is 0.0234. The van der Waals surface area contributed by atoms with E-state index in [4.69, 9.17) is 0 Å². The van der Waals surface area contributed by atoms with Crippen LogP contribution in [0.15, 0.2) is 0 Å². The summed E-state index contributed by atoms with van der Waals surface area (Å²) >= 11 is 0. The van der Waals surface area contributed by atoms with Gasteiger partial charge in [-0.2, -0.15) is 13.2 Å². The van der Waals surface area contributed by atoms with Crippen molar-refractivity contribution in [1.29, 1.82) is 0 Å². The molecule has 0 amide bonds. The molecule has 0 unspecified atom stereocenters. The predicted molar refractivity (Wildman–Crippen MR) is 50.2 cm³/mol. The van der Waals surface area contributed by atoms with Crippen LogP contribution >= 0.6 is 0 Å². The molecule has 0 aromatic heterocycles. The molecule has 14 heavy (non-hydrogen) atoms. The van der Waals surface area contributed by atoms with E-state index in [0.29, 0.717) is 6.42 Å². The van der Waals surface area contributed by atoms with Crippen LogP contribution in [0, 0.1) is 0 Å². The highest BCUT2D eigenvalue weighted by molar-refractivity contribution is 5.78. The van der Waals surface area contributed by atoms with Gasteiger partial charge in [0.2, 0.25) is 0 Å². The molecule has 1 N–H and O–H groups in total. The third-order valence-electron chi connectivity index (χ3n) is 1.30. The van der Waals surface area contributed by atoms with E-state index in [9.17, 15) is 18.0 Å². The lowest BCUT2D eigenvalue weighted by molar-refractivity contribution is -0.126. The third kappa shape index (κ3) is 14.0. The molecule has 0 aromatic carbocycles. The summed E-state index contributed by atoms with van der Waals surface area (Å²) in [7, 11) is 0. The lowest BCUT2D eigenvalue weighted by Crippen LogP contribution is -2.30. The van der Waals surface area contributed by atoms with Gasteiger partial charge in [0.05, 0.1) is 6.54 Å². The molecule has 0 aliphatic rings. The maximum Gasteiger partial charge on any atom is 0.401 e. The van der Waals surface area contributed by atoms with Crippen molar-refractivity contribution in [3.05, 3.63) is 0 Å². The van der Waals surface area contributed by atoms with Crippen LogP contribution in [0.2, 0.25) is 0 Å². The summed E-state index contributed by atoms with van der Waals surface area (Å²) in [5, 5.41) is 2.14. The highest BCUT2D eigenvalue weighted by Crippen LogP contribution is 2.11. The molecule has 86 valence electrons. The summed E-state index contributed by atoms with van der Waals surface area (Å²) in [5.74, 6) is -0.0234. The molecular formula is C9H18F3NO. The SMILES string of the molecule is CC.CCC(=O)CCNCC(F)(F)F. The predicted octanol–water partition coefficient (Wildman–Crippen LogP) is 2.53. The van der Waals surface area contributed by atoms with Crippen molar-refractivity contribution < 1.29 is 18.0 Å². The molecular weight excluding hydrogens is 195 g/mol. The Kier molecular flexibility index (Phi) is 10.2. The number of carbonyl (C=O) groups excluding carboxylic acids is 1. The molecule has 0 fully saturated rings. The number of carbonyl (C=O) groups is 1. The van der Waals surface area contributed by atoms with E-state index in [1.807, 2.05) is 13.8 Å². The fourth-order valence-corrected chi connectivity index (χ4v) is 0.635. The van der Waals surface area contributed by atoms with Crippen molar-refractivity contribution in [2.75, 3.05) is 13.1 Å². The van der Waals surface area contributed by atoms with Crippen LogP contribution in [-0.4, -0.2) is 25.0 Å². The molecule has 0 saturated carbocycles. The summed E-state index contributed by atoms with van der Waals surface area (Å²) in [6, 6.07) is 0. The van der Waals surface area contributed by atoms with E-state index < -0.39 is 12.7 Å². The van der Waals surface area contributed by atoms with Gasteiger partial charge in [-0.1, -0.05) is 20.8 Å². The van der Waals surface area contributed by atoms with Gasteiger partial charge in [0.25, 0.3) is 0 Å². The fourth-order valence-electron chi connectivity index (χ4n) is 0.635. The topological polar surface area (TPSA) is 29.1 Å². The first-order chi connectivity index (χ1) is 6.45. The van der Waals surface area contributed by atoms with Crippen LogP contribution in [-0.2, 0) is 4.79 Å². The van der Waals surface area contributed by atoms with Gasteiger partial charge in [0.15, 0.2) is 0 Å². The van der Waals surface area contributed by atoms with Crippen molar-refractivity contribution in [3.8, 4) is 0 Å². The van der Waals surface area contributed by atoms with Gasteiger partial charge in [-0.3, -0.25) is 4.79 Å². The number of alkyl halides is 3. The van der Waals surface area contributed by atoms with Gasteiger partial charge in [0.1, 0.15) is 5.78 Å². The van der Waals surface area contributed by atoms with Gasteiger partial charge < -0.3 is 5.32 Å². The van der Waals surface area contributed by atoms with E-state index in [1.54, 1.807) is 6.92 Å². The standard InChI is InChI=1S/C7H12F3NO.C2H6/c1-2-6(12)3-4-11-5-7(8,9)10;1-2/h11H,2-5H2,1H3;1-2H3. The van der Waals surface area contributed by atoms with Gasteiger partial charge in [-0.25, -0.2) is 0 Å². The number of halogens is 3. The van der Waals surface area contributed by atoms with Crippen molar-refractivity contribution >= 4 is 5.78 Å². The lowest BCUT2D eigenvalue weighted by atomic mass is 10.2. The average molecular weight is 213 g/mol. The zero-order chi connectivity index (χ0) is 11.6. The van der Waals surface area contributed by atoms with Gasteiger partial charge in [-0.15, -0.1) is 0 Å². The van der Waals surface area contributed by atoms with Crippen LogP contribution in [0.3, 0.4) is 0 Å². The van der Waals surface area contributed by atoms with Gasteiger partial charge >= 0.3 is 6.18 Å². The van der Waals surface area contributed by atoms with E-state index in [1.165, 1.54) is 0 Å². The van der Waals surface area contributed by atoms with Crippen LogP contribution in [0.1, 0.15) is 33.6 Å². The first-order valence-corrected chi connectivity index (χ1v) is 4.75. The number of hydrogen-bond acceptors (Lipinski definition) is 2. The fraction of sp³-hybridized carbons (Fsp3) is 0.889. The number of nitrogens with one attached hydrogen (secondary N) is 1. The first kappa shape index (κ1) is 15.9. The van der Waals surface area contributed by atoms with Crippen molar-refractivity contribution in [2.24, 2.45) is 0 Å². The van der Waals surface area contributed by atoms with E-state index in [-0.39, 0.29) is 18.7 Å². The summed E-state index contributed by atoms with van der Waals surface area (Å²) in [4.78, 5) is 10.6. The Balaban J connectivity index is 0. The molecule has 2 nitrogen and oxygen atoms in total. The van der Waals surface area contributed by atoms with Crippen molar-refractivity contribution in [3.63, 3.8) is 0 Å². The Bertz CT molecular complexity index is 145. The van der Waals surface area contributed by atoms with Gasteiger partial charge in [0, 0.05) is 19.4 Å². The number of hydrogen-bond donors (Lipinski definition) is 1. The second-order valence-electron chi connectivity index (χ2n) is 2.43. The smallest absolute Gasteiger partial charge is 0.308 e. The molecule has 0 aliphatic carbocycles. The van der Waals surface area contributed by atoms with Gasteiger partial charge in [-0.05, 0) is 0 Å². The Morgan fingerprint density at radius 2 is 1.79 bits per heavy atom. The molecule has 0 spiro atoms. The quantitative estimate of drug-likeness (QED) is 0.711. The zero-order valence-corrected chi connectivity index (χ0v) is 8.87. The molecule has 0 atom stereocenters. The summed E-state index contributed by atoms with van der Waals surface area (Å²) in [6.07, 6.45) is -3.63. The lowest BCUT2D eigenvalue weighted by Gasteiger charge is -2.06. The minimum Gasteiger partial charge on any atom is -0.308 e. The van der Waals surface area contributed by atoms with Crippen molar-refractivity contribution in [2.45, 2.75) is 39.8 Å². The average Bonchev–Trinajstić information content (AvgIpc) is 2.14. The Hall–Kier alpha value is -0.580. The molecule has 0 aromatic rings. The minimum atomic E-state index is -4.19. The number of ketones is 1. The normalized spacial score (nSPS) is 10.4. The van der Waals surface area contributed by atoms with Crippen LogP contribution in [0.5, 0.6) is 0 Å². The highest BCUT2D eigenvalue weighted by Gasteiger charge is 2.25. The number of rotatable bonds is 5. The Labute approximate surface area is 82.9 Å².